The van der Waals surface area contributed by atoms with Crippen molar-refractivity contribution in [3.05, 3.63) is 47.8 Å². The molecule has 0 spiro atoms. The summed E-state index contributed by atoms with van der Waals surface area (Å²) in [6.07, 6.45) is 1.55. The Hall–Kier alpha value is -3.93. The molecular weight excluding hydrogens is 478 g/mol. The molecule has 0 fully saturated rings. The van der Waals surface area contributed by atoms with Crippen molar-refractivity contribution in [2.75, 3.05) is 24.7 Å². The van der Waals surface area contributed by atoms with E-state index in [1.165, 1.54) is 4.90 Å². The number of nitrogens with two attached hydrogens (primary N) is 2. The molecule has 0 aliphatic carbocycles. The number of nitrogens with one attached hydrogen (secondary N) is 1. The molecule has 0 saturated heterocycles. The van der Waals surface area contributed by atoms with Crippen LogP contribution in [0, 0.1) is 0 Å². The maximum Gasteiger partial charge on any atom is 0.425 e. The lowest BCUT2D eigenvalue weighted by Crippen LogP contribution is -2.44. The van der Waals surface area contributed by atoms with Crippen LogP contribution in [0.1, 0.15) is 52.7 Å². The van der Waals surface area contributed by atoms with E-state index in [9.17, 15) is 14.4 Å². The quantitative estimate of drug-likeness (QED) is 0.536. The number of amides is 4. The van der Waals surface area contributed by atoms with Crippen LogP contribution in [0.15, 0.2) is 36.7 Å². The van der Waals surface area contributed by atoms with Crippen molar-refractivity contribution in [2.45, 2.75) is 65.8 Å². The van der Waals surface area contributed by atoms with E-state index in [-0.39, 0.29) is 5.82 Å². The molecule has 0 unspecified atom stereocenters. The third-order valence-electron chi connectivity index (χ3n) is 4.21. The molecule has 0 radical (unpaired) electrons. The van der Waals surface area contributed by atoms with E-state index in [0.717, 1.165) is 16.0 Å². The van der Waals surface area contributed by atoms with Gasteiger partial charge in [0.15, 0.2) is 0 Å². The Morgan fingerprint density at radius 3 is 1.78 bits per heavy atom. The average Bonchev–Trinajstić information content (AvgIpc) is 2.75. The minimum Gasteiger partial charge on any atom is -0.443 e. The van der Waals surface area contributed by atoms with Crippen LogP contribution in [-0.2, 0) is 22.6 Å². The highest BCUT2D eigenvalue weighted by molar-refractivity contribution is 6.08. The van der Waals surface area contributed by atoms with E-state index in [1.54, 1.807) is 79.2 Å². The number of hydrogen-bond acceptors (Lipinski definition) is 9. The van der Waals surface area contributed by atoms with Crippen molar-refractivity contribution in [1.29, 1.82) is 0 Å². The van der Waals surface area contributed by atoms with Crippen molar-refractivity contribution in [2.24, 2.45) is 5.73 Å². The Kier molecular flexibility index (Phi) is 11.3. The molecule has 5 N–H and O–H groups in total. The molecule has 2 aromatic heterocycles. The fourth-order valence-electron chi connectivity index (χ4n) is 2.62. The standard InChI is InChI=1S/C17H27N3O4.C8H12N4O/c1-16(2,3)23-14(21)20(15(22)24-17(4,5)6)13-9-8-12(10-18-7)11-19-13;1-12(8(10)13)5-6-2-3-7(9)11-4-6/h8-9,11,18H,10H2,1-7H3;2-4H,5H2,1H3,(H2,9,11)(H2,10,13). The van der Waals surface area contributed by atoms with Crippen molar-refractivity contribution in [1.82, 2.24) is 20.2 Å². The molecule has 0 saturated carbocycles. The van der Waals surface area contributed by atoms with E-state index in [2.05, 4.69) is 15.3 Å². The Balaban J connectivity index is 0.000000442. The first-order valence-corrected chi connectivity index (χ1v) is 11.6. The normalized spacial score (nSPS) is 11.0. The monoisotopic (exact) mass is 517 g/mol. The van der Waals surface area contributed by atoms with Crippen molar-refractivity contribution in [3.8, 4) is 0 Å². The van der Waals surface area contributed by atoms with E-state index in [0.29, 0.717) is 18.9 Å². The summed E-state index contributed by atoms with van der Waals surface area (Å²) in [7, 11) is 3.44. The fraction of sp³-hybridized carbons (Fsp3) is 0.480. The van der Waals surface area contributed by atoms with Gasteiger partial charge >= 0.3 is 18.2 Å². The van der Waals surface area contributed by atoms with Gasteiger partial charge in [0, 0.05) is 32.5 Å². The summed E-state index contributed by atoms with van der Waals surface area (Å²) in [5.74, 6) is 0.615. The highest BCUT2D eigenvalue weighted by Gasteiger charge is 2.33. The van der Waals surface area contributed by atoms with Gasteiger partial charge in [0.2, 0.25) is 0 Å². The molecule has 37 heavy (non-hydrogen) atoms. The van der Waals surface area contributed by atoms with E-state index in [1.807, 2.05) is 13.1 Å². The second-order valence-electron chi connectivity index (χ2n) is 10.1. The molecule has 204 valence electrons. The number of nitrogens with zero attached hydrogens (tertiary/aromatic N) is 4. The number of carbonyl (C=O) groups is 3. The molecule has 0 atom stereocenters. The zero-order valence-electron chi connectivity index (χ0n) is 22.9. The number of primary amides is 1. The molecular formula is C25H39N7O5. The number of hydrogen-bond donors (Lipinski definition) is 3. The second-order valence-corrected chi connectivity index (χ2v) is 10.1. The smallest absolute Gasteiger partial charge is 0.425 e. The van der Waals surface area contributed by atoms with Gasteiger partial charge in [-0.2, -0.15) is 4.90 Å². The molecule has 0 aliphatic rings. The van der Waals surface area contributed by atoms with E-state index >= 15 is 0 Å². The van der Waals surface area contributed by atoms with Gasteiger partial charge in [0.1, 0.15) is 22.8 Å². The van der Waals surface area contributed by atoms with Crippen molar-refractivity contribution >= 4 is 29.9 Å². The summed E-state index contributed by atoms with van der Waals surface area (Å²) in [5, 5.41) is 3.00. The molecule has 2 heterocycles. The lowest BCUT2D eigenvalue weighted by Gasteiger charge is -2.28. The zero-order chi connectivity index (χ0) is 28.4. The van der Waals surface area contributed by atoms with Crippen LogP contribution in [0.4, 0.5) is 26.0 Å². The van der Waals surface area contributed by atoms with E-state index in [4.69, 9.17) is 20.9 Å². The number of nitrogen functional groups attached to an aromatic ring is 1. The molecule has 0 bridgehead atoms. The third-order valence-corrected chi connectivity index (χ3v) is 4.21. The number of aromatic nitrogens is 2. The van der Waals surface area contributed by atoms with Gasteiger partial charge in [-0.15, -0.1) is 0 Å². The lowest BCUT2D eigenvalue weighted by molar-refractivity contribution is 0.0429. The van der Waals surface area contributed by atoms with Crippen LogP contribution in [0.25, 0.3) is 0 Å². The number of carbonyl (C=O) groups excluding carboxylic acids is 3. The number of ether oxygens (including phenoxy) is 2. The predicted octanol–water partition coefficient (Wildman–Crippen LogP) is 3.65. The fourth-order valence-corrected chi connectivity index (χ4v) is 2.62. The molecule has 0 aliphatic heterocycles. The summed E-state index contributed by atoms with van der Waals surface area (Å²) < 4.78 is 10.6. The minimum atomic E-state index is -0.828. The maximum absolute atomic E-state index is 12.4. The molecule has 2 aromatic rings. The average molecular weight is 518 g/mol. The molecule has 4 amide bonds. The maximum atomic E-state index is 12.4. The van der Waals surface area contributed by atoms with Crippen molar-refractivity contribution in [3.63, 3.8) is 0 Å². The van der Waals surface area contributed by atoms with Crippen LogP contribution in [0.5, 0.6) is 0 Å². The molecule has 12 nitrogen and oxygen atoms in total. The predicted molar refractivity (Wildman–Crippen MR) is 142 cm³/mol. The van der Waals surface area contributed by atoms with Gasteiger partial charge in [-0.25, -0.2) is 24.4 Å². The second kappa shape index (κ2) is 13.4. The first-order chi connectivity index (χ1) is 17.0. The minimum absolute atomic E-state index is 0.151. The summed E-state index contributed by atoms with van der Waals surface area (Å²) in [6.45, 7) is 11.4. The largest absolute Gasteiger partial charge is 0.443 e. The van der Waals surface area contributed by atoms with Gasteiger partial charge in [-0.3, -0.25) is 0 Å². The number of imide groups is 1. The van der Waals surface area contributed by atoms with Crippen LogP contribution < -0.4 is 21.7 Å². The SMILES string of the molecule is CN(Cc1ccc(N)nc1)C(N)=O.CNCc1ccc(N(C(=O)OC(C)(C)C)C(=O)OC(C)(C)C)nc1. The summed E-state index contributed by atoms with van der Waals surface area (Å²) in [5.41, 5.74) is 10.8. The Morgan fingerprint density at radius 1 is 0.892 bits per heavy atom. The van der Waals surface area contributed by atoms with Gasteiger partial charge in [0.05, 0.1) is 0 Å². The summed E-state index contributed by atoms with van der Waals surface area (Å²) in [6, 6.07) is 6.39. The number of urea groups is 1. The number of anilines is 2. The van der Waals surface area contributed by atoms with Crippen LogP contribution in [0.2, 0.25) is 0 Å². The van der Waals surface area contributed by atoms with Gasteiger partial charge in [0.25, 0.3) is 0 Å². The topological polar surface area (TPSA) is 166 Å². The highest BCUT2D eigenvalue weighted by atomic mass is 16.6. The summed E-state index contributed by atoms with van der Waals surface area (Å²) >= 11 is 0. The summed E-state index contributed by atoms with van der Waals surface area (Å²) in [4.78, 5) is 45.8. The zero-order valence-corrected chi connectivity index (χ0v) is 22.9. The van der Waals surface area contributed by atoms with Gasteiger partial charge in [-0.1, -0.05) is 12.1 Å². The molecule has 12 heteroatoms. The van der Waals surface area contributed by atoms with Crippen LogP contribution in [0.3, 0.4) is 0 Å². The lowest BCUT2D eigenvalue weighted by atomic mass is 10.2. The van der Waals surface area contributed by atoms with Crippen LogP contribution in [-0.4, -0.2) is 58.4 Å². The van der Waals surface area contributed by atoms with Gasteiger partial charge < -0.3 is 31.2 Å². The van der Waals surface area contributed by atoms with E-state index < -0.39 is 29.4 Å². The number of rotatable bonds is 5. The third kappa shape index (κ3) is 12.0. The Morgan fingerprint density at radius 2 is 1.41 bits per heavy atom. The van der Waals surface area contributed by atoms with Crippen LogP contribution >= 0.6 is 0 Å². The van der Waals surface area contributed by atoms with Gasteiger partial charge in [-0.05, 0) is 71.8 Å². The Bertz CT molecular complexity index is 1000. The van der Waals surface area contributed by atoms with Crippen molar-refractivity contribution < 1.29 is 23.9 Å². The first-order valence-electron chi connectivity index (χ1n) is 11.6. The number of pyridine rings is 2. The highest BCUT2D eigenvalue weighted by Crippen LogP contribution is 2.20. The molecule has 2 rings (SSSR count). The molecule has 0 aromatic carbocycles. The Labute approximate surface area is 218 Å². The first kappa shape index (κ1) is 31.1.